The molecule has 4 nitrogen and oxygen atoms in total. The minimum atomic E-state index is -0.225. The van der Waals surface area contributed by atoms with E-state index in [1.54, 1.807) is 6.07 Å². The molecule has 4 rings (SSSR count). The average molecular weight is 468 g/mol. The van der Waals surface area contributed by atoms with E-state index in [4.69, 9.17) is 12.2 Å². The third-order valence-electron chi connectivity index (χ3n) is 5.16. The summed E-state index contributed by atoms with van der Waals surface area (Å²) in [5, 5.41) is 8.05. The zero-order valence-corrected chi connectivity index (χ0v) is 18.4. The van der Waals surface area contributed by atoms with Gasteiger partial charge in [0.1, 0.15) is 0 Å². The van der Waals surface area contributed by atoms with E-state index in [0.29, 0.717) is 5.56 Å². The molecule has 29 heavy (non-hydrogen) atoms. The van der Waals surface area contributed by atoms with E-state index in [9.17, 15) is 4.79 Å². The maximum atomic E-state index is 12.8. The minimum absolute atomic E-state index is 0.225. The number of nitrogens with one attached hydrogen (secondary N) is 2. The zero-order chi connectivity index (χ0) is 20.2. The van der Waals surface area contributed by atoms with Crippen molar-refractivity contribution >= 4 is 55.6 Å². The number of benzene rings is 3. The van der Waals surface area contributed by atoms with E-state index in [0.717, 1.165) is 27.5 Å². The standard InChI is InChI=1S/C23H22BrN3OS/c24-21-8-4-5-18-19(21)6-3-7-20(18)22(28)26-23(29)25-17-11-9-16(10-12-17)15-27-13-1-2-14-27/h3-12H,1-2,13-15H2,(H2,25,26,28,29). The van der Waals surface area contributed by atoms with Gasteiger partial charge in [0, 0.05) is 22.3 Å². The molecule has 3 aromatic rings. The summed E-state index contributed by atoms with van der Waals surface area (Å²) < 4.78 is 0.958. The van der Waals surface area contributed by atoms with Gasteiger partial charge in [-0.25, -0.2) is 0 Å². The number of fused-ring (bicyclic) bond motifs is 1. The van der Waals surface area contributed by atoms with Crippen LogP contribution in [0, 0.1) is 0 Å². The lowest BCUT2D eigenvalue weighted by Gasteiger charge is -2.15. The van der Waals surface area contributed by atoms with Gasteiger partial charge >= 0.3 is 0 Å². The number of likely N-dealkylation sites (tertiary alicyclic amines) is 1. The van der Waals surface area contributed by atoms with Crippen molar-refractivity contribution in [3.05, 3.63) is 76.3 Å². The summed E-state index contributed by atoms with van der Waals surface area (Å²) in [5.74, 6) is -0.225. The quantitative estimate of drug-likeness (QED) is 0.509. The van der Waals surface area contributed by atoms with Crippen molar-refractivity contribution in [2.75, 3.05) is 18.4 Å². The first-order valence-corrected chi connectivity index (χ1v) is 10.9. The molecule has 1 heterocycles. The Morgan fingerprint density at radius 2 is 1.66 bits per heavy atom. The molecule has 0 atom stereocenters. The Bertz CT molecular complexity index is 1050. The van der Waals surface area contributed by atoms with Gasteiger partial charge in [0.2, 0.25) is 0 Å². The number of amides is 1. The topological polar surface area (TPSA) is 44.4 Å². The average Bonchev–Trinajstić information content (AvgIpc) is 3.22. The molecule has 0 saturated carbocycles. The van der Waals surface area contributed by atoms with Crippen LogP contribution in [0.2, 0.25) is 0 Å². The van der Waals surface area contributed by atoms with Crippen molar-refractivity contribution in [2.45, 2.75) is 19.4 Å². The van der Waals surface area contributed by atoms with Gasteiger partial charge in [-0.2, -0.15) is 0 Å². The van der Waals surface area contributed by atoms with E-state index in [1.165, 1.54) is 31.5 Å². The monoisotopic (exact) mass is 467 g/mol. The molecule has 0 aliphatic carbocycles. The predicted octanol–water partition coefficient (Wildman–Crippen LogP) is 5.32. The van der Waals surface area contributed by atoms with Crippen molar-refractivity contribution < 1.29 is 4.79 Å². The van der Waals surface area contributed by atoms with Crippen molar-refractivity contribution in [1.29, 1.82) is 0 Å². The van der Waals surface area contributed by atoms with Gasteiger partial charge in [0.15, 0.2) is 5.11 Å². The summed E-state index contributed by atoms with van der Waals surface area (Å²) in [5.41, 5.74) is 2.74. The van der Waals surface area contributed by atoms with Gasteiger partial charge in [0.25, 0.3) is 5.91 Å². The molecule has 0 aromatic heterocycles. The first-order valence-electron chi connectivity index (χ1n) is 9.71. The molecule has 3 aromatic carbocycles. The van der Waals surface area contributed by atoms with Crippen molar-refractivity contribution in [2.24, 2.45) is 0 Å². The molecule has 1 fully saturated rings. The van der Waals surface area contributed by atoms with Crippen LogP contribution in [0.1, 0.15) is 28.8 Å². The second-order valence-corrected chi connectivity index (χ2v) is 8.49. The summed E-state index contributed by atoms with van der Waals surface area (Å²) in [6, 6.07) is 19.7. The Kier molecular flexibility index (Phi) is 6.23. The third-order valence-corrected chi connectivity index (χ3v) is 6.05. The van der Waals surface area contributed by atoms with Crippen LogP contribution in [0.15, 0.2) is 65.1 Å². The Hall–Kier alpha value is -2.28. The number of anilines is 1. The second-order valence-electron chi connectivity index (χ2n) is 7.23. The molecular weight excluding hydrogens is 446 g/mol. The van der Waals surface area contributed by atoms with Gasteiger partial charge in [-0.05, 0) is 78.8 Å². The summed E-state index contributed by atoms with van der Waals surface area (Å²) in [4.78, 5) is 15.2. The van der Waals surface area contributed by atoms with Crippen LogP contribution < -0.4 is 10.6 Å². The summed E-state index contributed by atoms with van der Waals surface area (Å²) >= 11 is 8.88. The SMILES string of the molecule is O=C(NC(=S)Nc1ccc(CN2CCCC2)cc1)c1cccc2c(Br)cccc12. The van der Waals surface area contributed by atoms with Crippen LogP contribution in [-0.4, -0.2) is 29.0 Å². The van der Waals surface area contributed by atoms with Crippen LogP contribution in [0.3, 0.4) is 0 Å². The van der Waals surface area contributed by atoms with E-state index >= 15 is 0 Å². The second kappa shape index (κ2) is 9.03. The fourth-order valence-corrected chi connectivity index (χ4v) is 4.40. The predicted molar refractivity (Wildman–Crippen MR) is 126 cm³/mol. The number of carbonyl (C=O) groups is 1. The molecule has 148 valence electrons. The maximum Gasteiger partial charge on any atom is 0.258 e. The largest absolute Gasteiger partial charge is 0.332 e. The molecule has 0 radical (unpaired) electrons. The molecule has 1 aliphatic rings. The van der Waals surface area contributed by atoms with Gasteiger partial charge in [-0.15, -0.1) is 0 Å². The first-order chi connectivity index (χ1) is 14.1. The molecule has 1 saturated heterocycles. The van der Waals surface area contributed by atoms with Crippen LogP contribution in [0.5, 0.6) is 0 Å². The number of halogens is 1. The van der Waals surface area contributed by atoms with Gasteiger partial charge in [0.05, 0.1) is 0 Å². The number of nitrogens with zero attached hydrogens (tertiary/aromatic N) is 1. The van der Waals surface area contributed by atoms with Crippen molar-refractivity contribution in [3.63, 3.8) is 0 Å². The highest BCUT2D eigenvalue weighted by Gasteiger charge is 2.13. The lowest BCUT2D eigenvalue weighted by Crippen LogP contribution is -2.34. The van der Waals surface area contributed by atoms with Crippen LogP contribution in [0.25, 0.3) is 10.8 Å². The van der Waals surface area contributed by atoms with Crippen LogP contribution in [-0.2, 0) is 6.54 Å². The van der Waals surface area contributed by atoms with E-state index < -0.39 is 0 Å². The molecule has 0 unspecified atom stereocenters. The van der Waals surface area contributed by atoms with Gasteiger partial charge in [-0.3, -0.25) is 15.0 Å². The highest BCUT2D eigenvalue weighted by Crippen LogP contribution is 2.26. The number of thiocarbonyl (C=S) groups is 1. The molecule has 1 amide bonds. The number of rotatable bonds is 4. The molecule has 0 bridgehead atoms. The van der Waals surface area contributed by atoms with Crippen molar-refractivity contribution in [3.8, 4) is 0 Å². The van der Waals surface area contributed by atoms with E-state index in [-0.39, 0.29) is 11.0 Å². The molecule has 1 aliphatic heterocycles. The smallest absolute Gasteiger partial charge is 0.258 e. The first kappa shape index (κ1) is 20.0. The summed E-state index contributed by atoms with van der Waals surface area (Å²) in [6.45, 7) is 3.35. The van der Waals surface area contributed by atoms with Gasteiger partial charge in [-0.1, -0.05) is 52.3 Å². The van der Waals surface area contributed by atoms with Crippen LogP contribution in [0.4, 0.5) is 5.69 Å². The van der Waals surface area contributed by atoms with E-state index in [1.807, 2.05) is 42.5 Å². The fraction of sp³-hybridized carbons (Fsp3) is 0.217. The minimum Gasteiger partial charge on any atom is -0.332 e. The lowest BCUT2D eigenvalue weighted by atomic mass is 10.0. The molecular formula is C23H22BrN3OS. The van der Waals surface area contributed by atoms with Crippen molar-refractivity contribution in [1.82, 2.24) is 10.2 Å². The zero-order valence-electron chi connectivity index (χ0n) is 16.0. The van der Waals surface area contributed by atoms with E-state index in [2.05, 4.69) is 43.6 Å². The summed E-state index contributed by atoms with van der Waals surface area (Å²) in [6.07, 6.45) is 2.59. The highest BCUT2D eigenvalue weighted by atomic mass is 79.9. The molecule has 6 heteroatoms. The number of hydrogen-bond acceptors (Lipinski definition) is 3. The Morgan fingerprint density at radius 1 is 0.966 bits per heavy atom. The third kappa shape index (κ3) is 4.83. The number of hydrogen-bond donors (Lipinski definition) is 2. The van der Waals surface area contributed by atoms with Gasteiger partial charge < -0.3 is 5.32 Å². The van der Waals surface area contributed by atoms with Crippen LogP contribution >= 0.6 is 28.1 Å². The Labute approximate surface area is 184 Å². The lowest BCUT2D eigenvalue weighted by molar-refractivity contribution is 0.0979. The highest BCUT2D eigenvalue weighted by molar-refractivity contribution is 9.10. The Morgan fingerprint density at radius 3 is 2.41 bits per heavy atom. The summed E-state index contributed by atoms with van der Waals surface area (Å²) in [7, 11) is 0. The fourth-order valence-electron chi connectivity index (χ4n) is 3.69. The number of carbonyl (C=O) groups excluding carboxylic acids is 1. The molecule has 0 spiro atoms. The maximum absolute atomic E-state index is 12.8. The molecule has 2 N–H and O–H groups in total. The normalized spacial score (nSPS) is 14.1. The Balaban J connectivity index is 1.39.